The van der Waals surface area contributed by atoms with E-state index in [1.807, 2.05) is 0 Å². The van der Waals surface area contributed by atoms with Crippen molar-refractivity contribution < 1.29 is 28.9 Å². The minimum absolute atomic E-state index is 0.0514. The Labute approximate surface area is 268 Å². The largest absolute Gasteiger partial charge is 0.462 e. The second-order valence-corrected chi connectivity index (χ2v) is 14.5. The Hall–Kier alpha value is -4.08. The summed E-state index contributed by atoms with van der Waals surface area (Å²) in [5.41, 5.74) is 2.46. The smallest absolute Gasteiger partial charge is 0.338 e. The second-order valence-electron chi connectivity index (χ2n) is 14.5. The third kappa shape index (κ3) is 5.71. The number of allylic oxidation sites excluding steroid dienone is 2. The fourth-order valence-electron chi connectivity index (χ4n) is 9.62. The van der Waals surface area contributed by atoms with Gasteiger partial charge in [-0.15, -0.1) is 0 Å². The van der Waals surface area contributed by atoms with Crippen molar-refractivity contribution in [2.75, 3.05) is 6.61 Å². The van der Waals surface area contributed by atoms with Gasteiger partial charge in [-0.1, -0.05) is 32.4 Å². The lowest BCUT2D eigenvalue weighted by Gasteiger charge is -2.58. The highest BCUT2D eigenvalue weighted by Gasteiger charge is 2.58. The quantitative estimate of drug-likeness (QED) is 0.123. The SMILES string of the molecule is C[C@H](COC(=O)c1ccc([N+](=O)[O-])cc1)[C@H]1CC[C@H]2C3=CCC4C[C@H](OC(=O)c5ccc([N+](=O)[O-])cc5)CC[C@]4(C)[C@H]3CC[C@]12C. The third-order valence-electron chi connectivity index (χ3n) is 12.2. The van der Waals surface area contributed by atoms with E-state index in [2.05, 4.69) is 26.8 Å². The van der Waals surface area contributed by atoms with Gasteiger partial charge in [-0.25, -0.2) is 9.59 Å². The number of nitro groups is 2. The molecule has 0 aliphatic heterocycles. The third-order valence-corrected chi connectivity index (χ3v) is 12.2. The molecule has 0 saturated heterocycles. The first-order valence-corrected chi connectivity index (χ1v) is 16.5. The molecule has 0 bridgehead atoms. The topological polar surface area (TPSA) is 139 Å². The van der Waals surface area contributed by atoms with Crippen molar-refractivity contribution in [2.45, 2.75) is 78.2 Å². The molecule has 0 aromatic heterocycles. The van der Waals surface area contributed by atoms with Gasteiger partial charge in [0.05, 0.1) is 27.6 Å². The molecule has 0 N–H and O–H groups in total. The van der Waals surface area contributed by atoms with Gasteiger partial charge in [-0.05, 0) is 116 Å². The van der Waals surface area contributed by atoms with Gasteiger partial charge < -0.3 is 9.47 Å². The van der Waals surface area contributed by atoms with Gasteiger partial charge in [-0.3, -0.25) is 20.2 Å². The van der Waals surface area contributed by atoms with Crippen LogP contribution in [0.5, 0.6) is 0 Å². The molecule has 0 amide bonds. The number of nitro benzene ring substituents is 2. The van der Waals surface area contributed by atoms with Crippen LogP contribution in [-0.4, -0.2) is 34.5 Å². The molecule has 46 heavy (non-hydrogen) atoms. The molecule has 3 fully saturated rings. The van der Waals surface area contributed by atoms with Crippen LogP contribution in [0.4, 0.5) is 11.4 Å². The van der Waals surface area contributed by atoms with Gasteiger partial charge in [0.2, 0.25) is 0 Å². The molecular weight excluding hydrogens is 588 g/mol. The van der Waals surface area contributed by atoms with Crippen molar-refractivity contribution in [3.63, 3.8) is 0 Å². The van der Waals surface area contributed by atoms with Gasteiger partial charge in [0.1, 0.15) is 6.10 Å². The van der Waals surface area contributed by atoms with Gasteiger partial charge >= 0.3 is 11.9 Å². The zero-order chi connectivity index (χ0) is 32.8. The van der Waals surface area contributed by atoms with Crippen molar-refractivity contribution in [1.82, 2.24) is 0 Å². The minimum Gasteiger partial charge on any atom is -0.462 e. The summed E-state index contributed by atoms with van der Waals surface area (Å²) in [6.45, 7) is 7.38. The summed E-state index contributed by atoms with van der Waals surface area (Å²) >= 11 is 0. The number of carbonyl (C=O) groups excluding carboxylic acids is 2. The molecular formula is C36H42N2O8. The van der Waals surface area contributed by atoms with E-state index < -0.39 is 21.8 Å². The van der Waals surface area contributed by atoms with Crippen molar-refractivity contribution in [3.8, 4) is 0 Å². The van der Waals surface area contributed by atoms with Crippen LogP contribution in [0, 0.1) is 60.6 Å². The van der Waals surface area contributed by atoms with E-state index >= 15 is 0 Å². The van der Waals surface area contributed by atoms with E-state index in [9.17, 15) is 29.8 Å². The Bertz CT molecular complexity index is 1550. The van der Waals surface area contributed by atoms with Crippen molar-refractivity contribution >= 4 is 23.3 Å². The summed E-state index contributed by atoms with van der Waals surface area (Å²) in [7, 11) is 0. The molecule has 0 radical (unpaired) electrons. The number of ether oxygens (including phenoxy) is 2. The van der Waals surface area contributed by atoms with Crippen LogP contribution in [0.3, 0.4) is 0 Å². The minimum atomic E-state index is -0.486. The molecule has 0 heterocycles. The average molecular weight is 631 g/mol. The maximum atomic E-state index is 12.8. The molecule has 0 spiro atoms. The number of nitrogens with zero attached hydrogens (tertiary/aromatic N) is 2. The molecule has 8 atom stereocenters. The number of rotatable bonds is 8. The maximum Gasteiger partial charge on any atom is 0.338 e. The standard InChI is InChI=1S/C36H42N2O8/c1-22(21-45-33(39)23-4-9-26(10-5-23)37(41)42)30-14-15-31-29-13-8-25-20-28(16-18-35(25,2)32(29)17-19-36(30,31)3)46-34(40)24-6-11-27(12-7-24)38(43)44/h4-7,9-13,22,25,28,30-32H,8,14-21H2,1-3H3/t22-,25?,28-,30-,31+,32+,35+,36-/m1/s1. The number of benzene rings is 2. The number of fused-ring (bicyclic) bond motifs is 5. The summed E-state index contributed by atoms with van der Waals surface area (Å²) < 4.78 is 11.6. The molecule has 4 aliphatic carbocycles. The molecule has 3 saturated carbocycles. The van der Waals surface area contributed by atoms with Crippen molar-refractivity contribution in [2.24, 2.45) is 40.4 Å². The fraction of sp³-hybridized carbons (Fsp3) is 0.556. The normalized spacial score (nSPS) is 32.2. The van der Waals surface area contributed by atoms with Gasteiger partial charge in [0, 0.05) is 24.3 Å². The first-order valence-electron chi connectivity index (χ1n) is 16.5. The monoisotopic (exact) mass is 630 g/mol. The Morgan fingerprint density at radius 3 is 2.00 bits per heavy atom. The van der Waals surface area contributed by atoms with Gasteiger partial charge in [-0.2, -0.15) is 0 Å². The highest BCUT2D eigenvalue weighted by atomic mass is 16.6. The zero-order valence-electron chi connectivity index (χ0n) is 26.7. The highest BCUT2D eigenvalue weighted by molar-refractivity contribution is 5.90. The molecule has 244 valence electrons. The molecule has 2 aromatic carbocycles. The van der Waals surface area contributed by atoms with E-state index in [4.69, 9.17) is 9.47 Å². The van der Waals surface area contributed by atoms with E-state index in [1.54, 1.807) is 5.57 Å². The van der Waals surface area contributed by atoms with Crippen LogP contribution >= 0.6 is 0 Å². The van der Waals surface area contributed by atoms with Crippen molar-refractivity contribution in [1.29, 1.82) is 0 Å². The van der Waals surface area contributed by atoms with E-state index in [0.717, 1.165) is 51.4 Å². The fourth-order valence-corrected chi connectivity index (χ4v) is 9.62. The maximum absolute atomic E-state index is 12.8. The Balaban J connectivity index is 1.07. The number of carbonyl (C=O) groups is 2. The lowest BCUT2D eigenvalue weighted by Crippen LogP contribution is -2.50. The van der Waals surface area contributed by atoms with Gasteiger partial charge in [0.15, 0.2) is 0 Å². The lowest BCUT2D eigenvalue weighted by atomic mass is 9.47. The second kappa shape index (κ2) is 12.3. The molecule has 10 heteroatoms. The van der Waals surface area contributed by atoms with E-state index in [1.165, 1.54) is 48.5 Å². The summed E-state index contributed by atoms with van der Waals surface area (Å²) in [6.07, 6.45) is 10.5. The average Bonchev–Trinajstić information content (AvgIpc) is 3.41. The summed E-state index contributed by atoms with van der Waals surface area (Å²) in [5.74, 6) is 1.22. The Morgan fingerprint density at radius 1 is 0.826 bits per heavy atom. The van der Waals surface area contributed by atoms with Crippen molar-refractivity contribution in [3.05, 3.63) is 91.5 Å². The molecule has 1 unspecified atom stereocenters. The van der Waals surface area contributed by atoms with E-state index in [0.29, 0.717) is 41.4 Å². The van der Waals surface area contributed by atoms with Crippen LogP contribution in [0.1, 0.15) is 92.9 Å². The van der Waals surface area contributed by atoms with Crippen LogP contribution in [0.2, 0.25) is 0 Å². The number of non-ortho nitro benzene ring substituents is 2. The molecule has 2 aromatic rings. The number of esters is 2. The molecule has 6 rings (SSSR count). The molecule has 10 nitrogen and oxygen atoms in total. The van der Waals surface area contributed by atoms with E-state index in [-0.39, 0.29) is 34.2 Å². The Morgan fingerprint density at radius 2 is 1.39 bits per heavy atom. The highest BCUT2D eigenvalue weighted by Crippen LogP contribution is 2.66. The Kier molecular flexibility index (Phi) is 8.50. The lowest BCUT2D eigenvalue weighted by molar-refractivity contribution is -0.385. The van der Waals surface area contributed by atoms with Crippen LogP contribution in [0.25, 0.3) is 0 Å². The first-order chi connectivity index (χ1) is 21.9. The van der Waals surface area contributed by atoms with Crippen LogP contribution in [-0.2, 0) is 9.47 Å². The van der Waals surface area contributed by atoms with Crippen LogP contribution in [0.15, 0.2) is 60.2 Å². The summed E-state index contributed by atoms with van der Waals surface area (Å²) in [5, 5.41) is 21.9. The molecule has 4 aliphatic rings. The number of hydrogen-bond donors (Lipinski definition) is 0. The predicted molar refractivity (Wildman–Crippen MR) is 170 cm³/mol. The summed E-state index contributed by atoms with van der Waals surface area (Å²) in [4.78, 5) is 46.5. The first kappa shape index (κ1) is 31.9. The summed E-state index contributed by atoms with van der Waals surface area (Å²) in [6, 6.07) is 11.1. The number of hydrogen-bond acceptors (Lipinski definition) is 8. The van der Waals surface area contributed by atoms with Gasteiger partial charge in [0.25, 0.3) is 11.4 Å². The zero-order valence-corrected chi connectivity index (χ0v) is 26.7. The predicted octanol–water partition coefficient (Wildman–Crippen LogP) is 8.10. The van der Waals surface area contributed by atoms with Crippen LogP contribution < -0.4 is 0 Å².